The zero-order chi connectivity index (χ0) is 20.0. The van der Waals surface area contributed by atoms with Crippen molar-refractivity contribution in [2.75, 3.05) is 32.7 Å². The van der Waals surface area contributed by atoms with Gasteiger partial charge >= 0.3 is 0 Å². The second kappa shape index (κ2) is 9.85. The SMILES string of the molecule is CCN1CCCC1CNC(=O)CCc1ccc(S(=O)(=O)N2CCCCC2)cc1. The minimum Gasteiger partial charge on any atom is -0.355 e. The smallest absolute Gasteiger partial charge is 0.243 e. The Hall–Kier alpha value is -1.44. The Morgan fingerprint density at radius 1 is 1.07 bits per heavy atom. The Morgan fingerprint density at radius 3 is 2.46 bits per heavy atom. The Labute approximate surface area is 169 Å². The molecule has 2 saturated heterocycles. The number of nitrogens with zero attached hydrogens (tertiary/aromatic N) is 2. The molecule has 3 rings (SSSR count). The van der Waals surface area contributed by atoms with Gasteiger partial charge in [0.2, 0.25) is 15.9 Å². The van der Waals surface area contributed by atoms with Crippen molar-refractivity contribution in [1.82, 2.24) is 14.5 Å². The summed E-state index contributed by atoms with van der Waals surface area (Å²) in [4.78, 5) is 14.9. The molecule has 0 radical (unpaired) electrons. The predicted molar refractivity (Wildman–Crippen MR) is 111 cm³/mol. The number of aryl methyl sites for hydroxylation is 1. The van der Waals surface area contributed by atoms with Gasteiger partial charge in [0.25, 0.3) is 0 Å². The van der Waals surface area contributed by atoms with E-state index in [-0.39, 0.29) is 5.91 Å². The van der Waals surface area contributed by atoms with Gasteiger partial charge in [0.05, 0.1) is 4.90 Å². The second-order valence-electron chi connectivity index (χ2n) is 7.84. The molecule has 6 nitrogen and oxygen atoms in total. The molecule has 0 aromatic heterocycles. The summed E-state index contributed by atoms with van der Waals surface area (Å²) in [5.41, 5.74) is 0.990. The molecule has 2 aliphatic rings. The average Bonchev–Trinajstić information content (AvgIpc) is 3.19. The quantitative estimate of drug-likeness (QED) is 0.718. The van der Waals surface area contributed by atoms with E-state index in [4.69, 9.17) is 0 Å². The van der Waals surface area contributed by atoms with Gasteiger partial charge in [-0.25, -0.2) is 8.42 Å². The Morgan fingerprint density at radius 2 is 1.79 bits per heavy atom. The molecular weight excluding hydrogens is 374 g/mol. The third-order valence-corrected chi connectivity index (χ3v) is 7.87. The van der Waals surface area contributed by atoms with E-state index in [1.54, 1.807) is 16.4 Å². The lowest BCUT2D eigenvalue weighted by Crippen LogP contribution is -2.40. The van der Waals surface area contributed by atoms with Crippen LogP contribution in [0, 0.1) is 0 Å². The van der Waals surface area contributed by atoms with E-state index in [1.807, 2.05) is 12.1 Å². The number of amides is 1. The molecule has 0 saturated carbocycles. The van der Waals surface area contributed by atoms with Gasteiger partial charge in [0, 0.05) is 32.1 Å². The van der Waals surface area contributed by atoms with Gasteiger partial charge in [-0.2, -0.15) is 4.31 Å². The summed E-state index contributed by atoms with van der Waals surface area (Å²) in [5.74, 6) is 0.0629. The molecule has 28 heavy (non-hydrogen) atoms. The van der Waals surface area contributed by atoms with Crippen LogP contribution in [0.3, 0.4) is 0 Å². The first-order valence-corrected chi connectivity index (χ1v) is 12.0. The van der Waals surface area contributed by atoms with E-state index in [0.717, 1.165) is 50.9 Å². The summed E-state index contributed by atoms with van der Waals surface area (Å²) in [6.07, 6.45) is 6.38. The first kappa shape index (κ1) is 21.3. The van der Waals surface area contributed by atoms with Crippen LogP contribution in [0.4, 0.5) is 0 Å². The Balaban J connectivity index is 1.47. The van der Waals surface area contributed by atoms with Gasteiger partial charge in [-0.05, 0) is 62.9 Å². The lowest BCUT2D eigenvalue weighted by molar-refractivity contribution is -0.121. The number of hydrogen-bond donors (Lipinski definition) is 1. The van der Waals surface area contributed by atoms with Gasteiger partial charge in [-0.1, -0.05) is 25.5 Å². The van der Waals surface area contributed by atoms with E-state index in [1.165, 1.54) is 6.42 Å². The normalized spacial score (nSPS) is 21.7. The number of sulfonamides is 1. The zero-order valence-electron chi connectivity index (χ0n) is 16.9. The molecule has 2 fully saturated rings. The maximum Gasteiger partial charge on any atom is 0.243 e. The van der Waals surface area contributed by atoms with Crippen molar-refractivity contribution < 1.29 is 13.2 Å². The van der Waals surface area contributed by atoms with Crippen LogP contribution in [0.15, 0.2) is 29.2 Å². The summed E-state index contributed by atoms with van der Waals surface area (Å²) >= 11 is 0. The third kappa shape index (κ3) is 5.33. The number of benzene rings is 1. The van der Waals surface area contributed by atoms with Crippen molar-refractivity contribution in [3.05, 3.63) is 29.8 Å². The van der Waals surface area contributed by atoms with Gasteiger partial charge in [-0.3, -0.25) is 9.69 Å². The maximum atomic E-state index is 12.7. The fraction of sp³-hybridized carbons (Fsp3) is 0.667. The highest BCUT2D eigenvalue weighted by Crippen LogP contribution is 2.21. The van der Waals surface area contributed by atoms with E-state index in [9.17, 15) is 13.2 Å². The number of piperidine rings is 1. The summed E-state index contributed by atoms with van der Waals surface area (Å²) in [7, 11) is -3.39. The van der Waals surface area contributed by atoms with Crippen molar-refractivity contribution in [2.45, 2.75) is 62.8 Å². The Bertz CT molecular complexity index is 743. The van der Waals surface area contributed by atoms with E-state index in [2.05, 4.69) is 17.1 Å². The molecule has 2 heterocycles. The molecule has 1 N–H and O–H groups in total. The molecule has 1 atom stereocenters. The van der Waals surface area contributed by atoms with Gasteiger partial charge in [-0.15, -0.1) is 0 Å². The summed E-state index contributed by atoms with van der Waals surface area (Å²) in [6.45, 7) is 6.27. The molecule has 0 aliphatic carbocycles. The van der Waals surface area contributed by atoms with Gasteiger partial charge in [0.1, 0.15) is 0 Å². The van der Waals surface area contributed by atoms with E-state index in [0.29, 0.717) is 36.9 Å². The lowest BCUT2D eigenvalue weighted by atomic mass is 10.1. The van der Waals surface area contributed by atoms with Crippen LogP contribution in [0.1, 0.15) is 51.0 Å². The largest absolute Gasteiger partial charge is 0.355 e. The molecule has 7 heteroatoms. The van der Waals surface area contributed by atoms with Crippen LogP contribution < -0.4 is 5.32 Å². The first-order chi connectivity index (χ1) is 13.5. The van der Waals surface area contributed by atoms with Crippen molar-refractivity contribution in [1.29, 1.82) is 0 Å². The van der Waals surface area contributed by atoms with Crippen molar-refractivity contribution >= 4 is 15.9 Å². The molecule has 1 unspecified atom stereocenters. The Kier molecular flexibility index (Phi) is 7.48. The molecule has 1 aromatic carbocycles. The van der Waals surface area contributed by atoms with Crippen LogP contribution in [-0.2, 0) is 21.2 Å². The van der Waals surface area contributed by atoms with E-state index < -0.39 is 10.0 Å². The monoisotopic (exact) mass is 407 g/mol. The minimum absolute atomic E-state index is 0.0629. The van der Waals surface area contributed by atoms with E-state index >= 15 is 0 Å². The van der Waals surface area contributed by atoms with Gasteiger partial charge in [0.15, 0.2) is 0 Å². The second-order valence-corrected chi connectivity index (χ2v) is 9.78. The highest BCUT2D eigenvalue weighted by Gasteiger charge is 2.26. The molecule has 1 aromatic rings. The third-order valence-electron chi connectivity index (χ3n) is 5.96. The molecule has 2 aliphatic heterocycles. The minimum atomic E-state index is -3.39. The molecule has 0 spiro atoms. The first-order valence-electron chi connectivity index (χ1n) is 10.6. The van der Waals surface area contributed by atoms with Crippen LogP contribution >= 0.6 is 0 Å². The number of rotatable bonds is 8. The maximum absolute atomic E-state index is 12.7. The summed E-state index contributed by atoms with van der Waals surface area (Å²) in [6, 6.07) is 7.48. The van der Waals surface area contributed by atoms with Crippen LogP contribution in [0.2, 0.25) is 0 Å². The van der Waals surface area contributed by atoms with Crippen LogP contribution in [0.25, 0.3) is 0 Å². The average molecular weight is 408 g/mol. The highest BCUT2D eigenvalue weighted by molar-refractivity contribution is 7.89. The highest BCUT2D eigenvalue weighted by atomic mass is 32.2. The summed E-state index contributed by atoms with van der Waals surface area (Å²) in [5, 5.41) is 3.05. The summed E-state index contributed by atoms with van der Waals surface area (Å²) < 4.78 is 27.0. The number of hydrogen-bond acceptors (Lipinski definition) is 4. The number of likely N-dealkylation sites (tertiary alicyclic amines) is 1. The standard InChI is InChI=1S/C21H33N3O3S/c1-2-23-14-6-7-19(23)17-22-21(25)13-10-18-8-11-20(12-9-18)28(26,27)24-15-4-3-5-16-24/h8-9,11-12,19H,2-7,10,13-17H2,1H3,(H,22,25). The van der Waals surface area contributed by atoms with Crippen LogP contribution in [-0.4, -0.2) is 62.3 Å². The zero-order valence-corrected chi connectivity index (χ0v) is 17.7. The van der Waals surface area contributed by atoms with Crippen LogP contribution in [0.5, 0.6) is 0 Å². The topological polar surface area (TPSA) is 69.7 Å². The fourth-order valence-electron chi connectivity index (χ4n) is 4.20. The number of carbonyl (C=O) groups excluding carboxylic acids is 1. The van der Waals surface area contributed by atoms with Crippen molar-refractivity contribution in [3.63, 3.8) is 0 Å². The number of carbonyl (C=O) groups is 1. The fourth-order valence-corrected chi connectivity index (χ4v) is 5.72. The molecule has 156 valence electrons. The lowest BCUT2D eigenvalue weighted by Gasteiger charge is -2.25. The van der Waals surface area contributed by atoms with Crippen molar-refractivity contribution in [3.8, 4) is 0 Å². The van der Waals surface area contributed by atoms with Gasteiger partial charge < -0.3 is 5.32 Å². The number of nitrogens with one attached hydrogen (secondary N) is 1. The van der Waals surface area contributed by atoms with Crippen molar-refractivity contribution in [2.24, 2.45) is 0 Å². The predicted octanol–water partition coefficient (Wildman–Crippen LogP) is 2.39. The molecule has 0 bridgehead atoms. The molecular formula is C21H33N3O3S. The number of likely N-dealkylation sites (N-methyl/N-ethyl adjacent to an activating group) is 1. The molecule has 1 amide bonds.